The van der Waals surface area contributed by atoms with E-state index in [0.717, 1.165) is 19.3 Å². The molecule has 0 fully saturated rings. The number of esters is 1. The summed E-state index contributed by atoms with van der Waals surface area (Å²) >= 11 is 0. The summed E-state index contributed by atoms with van der Waals surface area (Å²) in [6.45, 7) is 8.34. The maximum atomic E-state index is 11.1. The minimum Gasteiger partial charge on any atom is -0.466 e. The Kier molecular flexibility index (Phi) is 11.7. The van der Waals surface area contributed by atoms with Crippen molar-refractivity contribution in [1.82, 2.24) is 0 Å². The van der Waals surface area contributed by atoms with Gasteiger partial charge in [-0.2, -0.15) is 0 Å². The van der Waals surface area contributed by atoms with Gasteiger partial charge in [0.25, 0.3) is 0 Å². The van der Waals surface area contributed by atoms with Crippen molar-refractivity contribution in [1.29, 1.82) is 0 Å². The van der Waals surface area contributed by atoms with Crippen LogP contribution < -0.4 is 0 Å². The van der Waals surface area contributed by atoms with Gasteiger partial charge in [-0.05, 0) is 38.5 Å². The van der Waals surface area contributed by atoms with Crippen LogP contribution in [0.3, 0.4) is 0 Å². The maximum absolute atomic E-state index is 11.1. The molecule has 0 spiro atoms. The fourth-order valence-electron chi connectivity index (χ4n) is 1.86. The number of allylic oxidation sites excluding steroid dienone is 3. The normalized spacial score (nSPS) is 12.6. The second-order valence-corrected chi connectivity index (χ2v) is 4.55. The molecule has 2 nitrogen and oxygen atoms in total. The average molecular weight is 252 g/mol. The van der Waals surface area contributed by atoms with Gasteiger partial charge in [-0.1, -0.05) is 38.0 Å². The SMILES string of the molecule is C=CCC(/C=C/CCCC(=O)OCC)CCCC. The summed E-state index contributed by atoms with van der Waals surface area (Å²) in [5, 5.41) is 0. The number of hydrogen-bond donors (Lipinski definition) is 0. The summed E-state index contributed by atoms with van der Waals surface area (Å²) in [6.07, 6.45) is 13.6. The van der Waals surface area contributed by atoms with Crippen molar-refractivity contribution in [3.8, 4) is 0 Å². The Morgan fingerprint density at radius 1 is 1.33 bits per heavy atom. The highest BCUT2D eigenvalue weighted by Crippen LogP contribution is 2.15. The van der Waals surface area contributed by atoms with Crippen LogP contribution in [0.5, 0.6) is 0 Å². The molecule has 2 heteroatoms. The third-order valence-corrected chi connectivity index (χ3v) is 2.86. The summed E-state index contributed by atoms with van der Waals surface area (Å²) in [7, 11) is 0. The van der Waals surface area contributed by atoms with Crippen molar-refractivity contribution in [2.45, 2.75) is 58.8 Å². The zero-order chi connectivity index (χ0) is 13.6. The van der Waals surface area contributed by atoms with Crippen molar-refractivity contribution < 1.29 is 9.53 Å². The number of hydrogen-bond acceptors (Lipinski definition) is 2. The standard InChI is InChI=1S/C16H28O2/c1-4-7-12-15(11-5-2)13-9-8-10-14-16(17)18-6-3/h5,9,13,15H,2,4,6-8,10-12,14H2,1,3H3/b13-9+. The summed E-state index contributed by atoms with van der Waals surface area (Å²) in [5.41, 5.74) is 0. The fourth-order valence-corrected chi connectivity index (χ4v) is 1.86. The van der Waals surface area contributed by atoms with Gasteiger partial charge in [0.2, 0.25) is 0 Å². The summed E-state index contributed by atoms with van der Waals surface area (Å²) in [5.74, 6) is 0.532. The van der Waals surface area contributed by atoms with Gasteiger partial charge in [-0.25, -0.2) is 0 Å². The Balaban J connectivity index is 3.74. The van der Waals surface area contributed by atoms with E-state index < -0.39 is 0 Å². The molecule has 1 unspecified atom stereocenters. The number of carbonyl (C=O) groups excluding carboxylic acids is 1. The molecule has 0 heterocycles. The Morgan fingerprint density at radius 3 is 2.72 bits per heavy atom. The van der Waals surface area contributed by atoms with E-state index in [4.69, 9.17) is 4.74 Å². The first kappa shape index (κ1) is 16.9. The lowest BCUT2D eigenvalue weighted by atomic mass is 9.97. The van der Waals surface area contributed by atoms with E-state index in [1.165, 1.54) is 19.3 Å². The third-order valence-electron chi connectivity index (χ3n) is 2.86. The van der Waals surface area contributed by atoms with Gasteiger partial charge in [0, 0.05) is 6.42 Å². The molecular formula is C16H28O2. The van der Waals surface area contributed by atoms with Gasteiger partial charge in [0.05, 0.1) is 6.61 Å². The first-order chi connectivity index (χ1) is 8.74. The van der Waals surface area contributed by atoms with E-state index in [1.54, 1.807) is 0 Å². The number of unbranched alkanes of at least 4 members (excludes halogenated alkanes) is 2. The molecule has 18 heavy (non-hydrogen) atoms. The van der Waals surface area contributed by atoms with Crippen LogP contribution in [0.15, 0.2) is 24.8 Å². The maximum Gasteiger partial charge on any atom is 0.305 e. The predicted molar refractivity (Wildman–Crippen MR) is 77.5 cm³/mol. The molecule has 104 valence electrons. The summed E-state index contributed by atoms with van der Waals surface area (Å²) in [4.78, 5) is 11.1. The minimum atomic E-state index is -0.0838. The lowest BCUT2D eigenvalue weighted by Crippen LogP contribution is -2.02. The molecular weight excluding hydrogens is 224 g/mol. The Hall–Kier alpha value is -1.05. The first-order valence-electron chi connectivity index (χ1n) is 7.17. The second kappa shape index (κ2) is 12.4. The molecule has 0 N–H and O–H groups in total. The summed E-state index contributed by atoms with van der Waals surface area (Å²) in [6, 6.07) is 0. The number of carbonyl (C=O) groups is 1. The van der Waals surface area contributed by atoms with Gasteiger partial charge >= 0.3 is 5.97 Å². The highest BCUT2D eigenvalue weighted by Gasteiger charge is 2.02. The van der Waals surface area contributed by atoms with Crippen molar-refractivity contribution >= 4 is 5.97 Å². The topological polar surface area (TPSA) is 26.3 Å². The van der Waals surface area contributed by atoms with Crippen molar-refractivity contribution in [3.05, 3.63) is 24.8 Å². The van der Waals surface area contributed by atoms with E-state index in [-0.39, 0.29) is 5.97 Å². The lowest BCUT2D eigenvalue weighted by molar-refractivity contribution is -0.143. The highest BCUT2D eigenvalue weighted by atomic mass is 16.5. The Bertz CT molecular complexity index is 243. The van der Waals surface area contributed by atoms with Crippen molar-refractivity contribution in [2.24, 2.45) is 5.92 Å². The van der Waals surface area contributed by atoms with Crippen LogP contribution >= 0.6 is 0 Å². The second-order valence-electron chi connectivity index (χ2n) is 4.55. The van der Waals surface area contributed by atoms with E-state index in [1.807, 2.05) is 13.0 Å². The summed E-state index contributed by atoms with van der Waals surface area (Å²) < 4.78 is 4.88. The van der Waals surface area contributed by atoms with Crippen LogP contribution in [0.25, 0.3) is 0 Å². The van der Waals surface area contributed by atoms with E-state index in [9.17, 15) is 4.79 Å². The molecule has 0 aromatic heterocycles. The molecule has 0 amide bonds. The molecule has 1 atom stereocenters. The molecule has 0 radical (unpaired) electrons. The molecule has 0 aliphatic carbocycles. The molecule has 0 aliphatic heterocycles. The average Bonchev–Trinajstić information content (AvgIpc) is 2.35. The molecule has 0 bridgehead atoms. The smallest absolute Gasteiger partial charge is 0.305 e. The number of rotatable bonds is 11. The van der Waals surface area contributed by atoms with Gasteiger partial charge in [-0.3, -0.25) is 4.79 Å². The minimum absolute atomic E-state index is 0.0838. The Morgan fingerprint density at radius 2 is 2.11 bits per heavy atom. The predicted octanol–water partition coefficient (Wildman–Crippen LogP) is 4.66. The van der Waals surface area contributed by atoms with E-state index in [2.05, 4.69) is 25.7 Å². The van der Waals surface area contributed by atoms with Crippen LogP contribution in [0.2, 0.25) is 0 Å². The van der Waals surface area contributed by atoms with Gasteiger partial charge in [0.1, 0.15) is 0 Å². The molecule has 0 saturated carbocycles. The lowest BCUT2D eigenvalue weighted by Gasteiger charge is -2.08. The molecule has 0 aromatic rings. The van der Waals surface area contributed by atoms with Crippen LogP contribution in [-0.2, 0) is 9.53 Å². The molecule has 0 rings (SSSR count). The van der Waals surface area contributed by atoms with Gasteiger partial charge in [0.15, 0.2) is 0 Å². The van der Waals surface area contributed by atoms with Crippen LogP contribution in [0.1, 0.15) is 58.8 Å². The van der Waals surface area contributed by atoms with Crippen molar-refractivity contribution in [2.75, 3.05) is 6.61 Å². The number of ether oxygens (including phenoxy) is 1. The molecule has 0 saturated heterocycles. The van der Waals surface area contributed by atoms with E-state index >= 15 is 0 Å². The zero-order valence-corrected chi connectivity index (χ0v) is 12.0. The largest absolute Gasteiger partial charge is 0.466 e. The zero-order valence-electron chi connectivity index (χ0n) is 12.0. The Labute approximate surface area is 112 Å². The molecule has 0 aliphatic rings. The van der Waals surface area contributed by atoms with Crippen LogP contribution in [0, 0.1) is 5.92 Å². The highest BCUT2D eigenvalue weighted by molar-refractivity contribution is 5.69. The van der Waals surface area contributed by atoms with Gasteiger partial charge in [-0.15, -0.1) is 6.58 Å². The quantitative estimate of drug-likeness (QED) is 0.304. The van der Waals surface area contributed by atoms with Gasteiger partial charge < -0.3 is 4.74 Å². The molecule has 0 aromatic carbocycles. The first-order valence-corrected chi connectivity index (χ1v) is 7.17. The fraction of sp³-hybridized carbons (Fsp3) is 0.688. The van der Waals surface area contributed by atoms with Crippen LogP contribution in [0.4, 0.5) is 0 Å². The van der Waals surface area contributed by atoms with E-state index in [0.29, 0.717) is 18.9 Å². The monoisotopic (exact) mass is 252 g/mol. The van der Waals surface area contributed by atoms with Crippen LogP contribution in [-0.4, -0.2) is 12.6 Å². The third kappa shape index (κ3) is 10.1. The van der Waals surface area contributed by atoms with Crippen molar-refractivity contribution in [3.63, 3.8) is 0 Å².